The molecule has 0 unspecified atom stereocenters. The first-order valence-corrected chi connectivity index (χ1v) is 12.4. The fourth-order valence-corrected chi connectivity index (χ4v) is 4.99. The summed E-state index contributed by atoms with van der Waals surface area (Å²) in [5.74, 6) is -0.601. The van der Waals surface area contributed by atoms with Crippen LogP contribution in [0.2, 0.25) is 0 Å². The number of halogens is 3. The van der Waals surface area contributed by atoms with E-state index in [1.54, 1.807) is 30.3 Å². The quantitative estimate of drug-likeness (QED) is 0.516. The van der Waals surface area contributed by atoms with Crippen molar-refractivity contribution in [2.45, 2.75) is 32.6 Å². The zero-order valence-electron chi connectivity index (χ0n) is 19.9. The molecule has 0 bridgehead atoms. The van der Waals surface area contributed by atoms with E-state index in [0.29, 0.717) is 35.8 Å². The van der Waals surface area contributed by atoms with Gasteiger partial charge in [0.1, 0.15) is 0 Å². The Morgan fingerprint density at radius 3 is 2.31 bits per heavy atom. The molecule has 2 aromatic rings. The molecule has 2 aliphatic rings. The maximum absolute atomic E-state index is 13.0. The molecule has 0 radical (unpaired) electrons. The molecule has 2 aliphatic heterocycles. The van der Waals surface area contributed by atoms with Gasteiger partial charge in [-0.05, 0) is 67.1 Å². The van der Waals surface area contributed by atoms with Crippen LogP contribution in [0.4, 0.5) is 18.0 Å². The summed E-state index contributed by atoms with van der Waals surface area (Å²) >= 11 is 0.766. The number of nitrogens with zero attached hydrogens (tertiary/aromatic N) is 3. The number of thioether (sulfide) groups is 1. The predicted molar refractivity (Wildman–Crippen MR) is 132 cm³/mol. The molecule has 2 aromatic carbocycles. The van der Waals surface area contributed by atoms with Crippen molar-refractivity contribution >= 4 is 34.9 Å². The van der Waals surface area contributed by atoms with Crippen molar-refractivity contribution in [3.05, 3.63) is 75.7 Å². The highest BCUT2D eigenvalue weighted by Crippen LogP contribution is 2.34. The van der Waals surface area contributed by atoms with Gasteiger partial charge in [0.2, 0.25) is 0 Å². The normalized spacial score (nSPS) is 18.6. The van der Waals surface area contributed by atoms with Crippen LogP contribution in [-0.2, 0) is 17.5 Å². The molecule has 0 aromatic heterocycles. The molecular weight excluding hydrogens is 491 g/mol. The SMILES string of the molecule is CC(C)N1CCN(C(=O)c2cccc(/C=C3\SC(=O)N(Cc4ccc(C(F)(F)F)cc4)C3=O)c2)CC1. The summed E-state index contributed by atoms with van der Waals surface area (Å²) in [6.07, 6.45) is -2.90. The largest absolute Gasteiger partial charge is 0.416 e. The zero-order chi connectivity index (χ0) is 26.0. The fourth-order valence-electron chi connectivity index (χ4n) is 4.15. The minimum atomic E-state index is -4.46. The molecule has 190 valence electrons. The number of benzene rings is 2. The molecule has 0 spiro atoms. The molecule has 0 saturated carbocycles. The molecule has 3 amide bonds. The first-order chi connectivity index (χ1) is 17.0. The van der Waals surface area contributed by atoms with Crippen molar-refractivity contribution in [1.82, 2.24) is 14.7 Å². The summed E-state index contributed by atoms with van der Waals surface area (Å²) in [7, 11) is 0. The van der Waals surface area contributed by atoms with Crippen molar-refractivity contribution in [3.8, 4) is 0 Å². The minimum Gasteiger partial charge on any atom is -0.336 e. The van der Waals surface area contributed by atoms with E-state index in [9.17, 15) is 27.6 Å². The Morgan fingerprint density at radius 1 is 1.03 bits per heavy atom. The van der Waals surface area contributed by atoms with Gasteiger partial charge in [-0.3, -0.25) is 24.2 Å². The average molecular weight is 518 g/mol. The summed E-state index contributed by atoms with van der Waals surface area (Å²) in [6.45, 7) is 7.05. The van der Waals surface area contributed by atoms with Gasteiger partial charge in [0.05, 0.1) is 17.0 Å². The lowest BCUT2D eigenvalue weighted by Gasteiger charge is -2.37. The highest BCUT2D eigenvalue weighted by atomic mass is 32.2. The number of hydrogen-bond donors (Lipinski definition) is 0. The number of hydrogen-bond acceptors (Lipinski definition) is 5. The molecular formula is C26H26F3N3O3S. The monoisotopic (exact) mass is 517 g/mol. The van der Waals surface area contributed by atoms with Gasteiger partial charge >= 0.3 is 6.18 Å². The average Bonchev–Trinajstić information content (AvgIpc) is 3.11. The third-order valence-corrected chi connectivity index (χ3v) is 7.17. The van der Waals surface area contributed by atoms with E-state index in [1.807, 2.05) is 4.90 Å². The predicted octanol–water partition coefficient (Wildman–Crippen LogP) is 5.11. The van der Waals surface area contributed by atoms with Crippen molar-refractivity contribution in [1.29, 1.82) is 0 Å². The highest BCUT2D eigenvalue weighted by molar-refractivity contribution is 8.18. The van der Waals surface area contributed by atoms with E-state index in [2.05, 4.69) is 18.7 Å². The molecule has 36 heavy (non-hydrogen) atoms. The van der Waals surface area contributed by atoms with Crippen LogP contribution < -0.4 is 0 Å². The van der Waals surface area contributed by atoms with E-state index in [0.717, 1.165) is 41.9 Å². The van der Waals surface area contributed by atoms with Gasteiger partial charge in [-0.15, -0.1) is 0 Å². The smallest absolute Gasteiger partial charge is 0.336 e. The van der Waals surface area contributed by atoms with Crippen LogP contribution in [0.25, 0.3) is 6.08 Å². The number of carbonyl (C=O) groups is 3. The van der Waals surface area contributed by atoms with Crippen LogP contribution in [-0.4, -0.2) is 64.0 Å². The number of alkyl halides is 3. The zero-order valence-corrected chi connectivity index (χ0v) is 20.7. The van der Waals surface area contributed by atoms with Crippen LogP contribution in [0.5, 0.6) is 0 Å². The van der Waals surface area contributed by atoms with Crippen LogP contribution >= 0.6 is 11.8 Å². The first-order valence-electron chi connectivity index (χ1n) is 11.6. The van der Waals surface area contributed by atoms with Gasteiger partial charge in [0.25, 0.3) is 17.1 Å². The first kappa shape index (κ1) is 26.0. The van der Waals surface area contributed by atoms with Crippen LogP contribution in [0.3, 0.4) is 0 Å². The summed E-state index contributed by atoms with van der Waals surface area (Å²) in [6, 6.07) is 11.7. The summed E-state index contributed by atoms with van der Waals surface area (Å²) < 4.78 is 38.3. The van der Waals surface area contributed by atoms with Crippen molar-refractivity contribution < 1.29 is 27.6 Å². The lowest BCUT2D eigenvalue weighted by Crippen LogP contribution is -2.50. The molecule has 2 fully saturated rings. The Hall–Kier alpha value is -3.11. The van der Waals surface area contributed by atoms with E-state index in [1.165, 1.54) is 12.1 Å². The van der Waals surface area contributed by atoms with E-state index in [-0.39, 0.29) is 17.4 Å². The Balaban J connectivity index is 1.44. The Labute approximate surface area is 211 Å². The second-order valence-electron chi connectivity index (χ2n) is 9.01. The van der Waals surface area contributed by atoms with Crippen LogP contribution in [0.1, 0.15) is 40.9 Å². The standard InChI is InChI=1S/C26H26F3N3O3S/c1-17(2)30-10-12-31(13-11-30)23(33)20-5-3-4-19(14-20)15-22-24(34)32(25(35)36-22)16-18-6-8-21(9-7-18)26(27,28)29/h3-9,14-15,17H,10-13,16H2,1-2H3/b22-15-. The molecule has 2 heterocycles. The van der Waals surface area contributed by atoms with Gasteiger partial charge in [-0.1, -0.05) is 24.3 Å². The third-order valence-electron chi connectivity index (χ3n) is 6.26. The Kier molecular flexibility index (Phi) is 7.56. The highest BCUT2D eigenvalue weighted by Gasteiger charge is 2.35. The number of carbonyl (C=O) groups excluding carboxylic acids is 3. The molecule has 0 atom stereocenters. The van der Waals surface area contributed by atoms with Gasteiger partial charge in [-0.2, -0.15) is 13.2 Å². The molecule has 0 aliphatic carbocycles. The summed E-state index contributed by atoms with van der Waals surface area (Å²) in [5, 5.41) is -0.499. The number of amides is 3. The van der Waals surface area contributed by atoms with Crippen molar-refractivity contribution in [2.75, 3.05) is 26.2 Å². The maximum Gasteiger partial charge on any atom is 0.416 e. The van der Waals surface area contributed by atoms with Gasteiger partial charge < -0.3 is 4.90 Å². The third kappa shape index (κ3) is 5.82. The Bertz CT molecular complexity index is 1190. The Morgan fingerprint density at radius 2 is 1.69 bits per heavy atom. The van der Waals surface area contributed by atoms with Gasteiger partial charge in [0, 0.05) is 37.8 Å². The molecule has 10 heteroatoms. The van der Waals surface area contributed by atoms with E-state index >= 15 is 0 Å². The second kappa shape index (κ2) is 10.5. The lowest BCUT2D eigenvalue weighted by molar-refractivity contribution is -0.137. The van der Waals surface area contributed by atoms with Crippen LogP contribution in [0.15, 0.2) is 53.4 Å². The van der Waals surface area contributed by atoms with E-state index in [4.69, 9.17) is 0 Å². The summed E-state index contributed by atoms with van der Waals surface area (Å²) in [4.78, 5) is 43.7. The van der Waals surface area contributed by atoms with E-state index < -0.39 is 22.9 Å². The number of imide groups is 1. The molecule has 4 rings (SSSR count). The minimum absolute atomic E-state index is 0.0796. The number of piperazine rings is 1. The van der Waals surface area contributed by atoms with Gasteiger partial charge in [-0.25, -0.2) is 0 Å². The maximum atomic E-state index is 13.0. The van der Waals surface area contributed by atoms with Crippen LogP contribution in [0, 0.1) is 0 Å². The van der Waals surface area contributed by atoms with Crippen molar-refractivity contribution in [2.24, 2.45) is 0 Å². The molecule has 2 saturated heterocycles. The molecule has 0 N–H and O–H groups in total. The summed E-state index contributed by atoms with van der Waals surface area (Å²) in [5.41, 5.74) is 0.737. The second-order valence-corrected chi connectivity index (χ2v) is 10.0. The van der Waals surface area contributed by atoms with Crippen molar-refractivity contribution in [3.63, 3.8) is 0 Å². The molecule has 6 nitrogen and oxygen atoms in total. The topological polar surface area (TPSA) is 60.9 Å². The lowest BCUT2D eigenvalue weighted by atomic mass is 10.1. The fraction of sp³-hybridized carbons (Fsp3) is 0.346. The number of rotatable bonds is 5. The van der Waals surface area contributed by atoms with Gasteiger partial charge in [0.15, 0.2) is 0 Å².